The molecule has 116 valence electrons. The predicted octanol–water partition coefficient (Wildman–Crippen LogP) is -1.65. The highest BCUT2D eigenvalue weighted by Gasteiger charge is 2.49. The Morgan fingerprint density at radius 1 is 1.33 bits per heavy atom. The molecule has 8 nitrogen and oxygen atoms in total. The van der Waals surface area contributed by atoms with Crippen LogP contribution in [0.5, 0.6) is 5.75 Å². The zero-order valence-electron chi connectivity index (χ0n) is 10.9. The summed E-state index contributed by atoms with van der Waals surface area (Å²) in [5.41, 5.74) is -0.119. The van der Waals surface area contributed by atoms with Gasteiger partial charge in [-0.2, -0.15) is 0 Å². The van der Waals surface area contributed by atoms with Gasteiger partial charge in [-0.1, -0.05) is 12.1 Å². The second-order valence-electron chi connectivity index (χ2n) is 4.75. The summed E-state index contributed by atoms with van der Waals surface area (Å²) in [7, 11) is 0. The van der Waals surface area contributed by atoms with Gasteiger partial charge in [0.15, 0.2) is 0 Å². The van der Waals surface area contributed by atoms with E-state index in [4.69, 9.17) is 9.47 Å². The Balaban J connectivity index is 2.02. The summed E-state index contributed by atoms with van der Waals surface area (Å²) in [5.74, 6) is -3.56. The number of aliphatic hydroxyl groups is 4. The number of para-hydroxylation sites is 1. The maximum atomic E-state index is 11.8. The van der Waals surface area contributed by atoms with Gasteiger partial charge in [-0.3, -0.25) is 0 Å². The van der Waals surface area contributed by atoms with Crippen molar-refractivity contribution in [2.24, 2.45) is 0 Å². The Hall–Kier alpha value is -1.71. The van der Waals surface area contributed by atoms with Crippen LogP contribution in [0.1, 0.15) is 10.4 Å². The molecule has 0 radical (unpaired) electrons. The van der Waals surface area contributed by atoms with E-state index in [1.807, 2.05) is 0 Å². The molecular formula is C13H16O8. The normalized spacial score (nSPS) is 32.7. The molecule has 0 amide bonds. The van der Waals surface area contributed by atoms with Crippen molar-refractivity contribution in [2.45, 2.75) is 24.1 Å². The number of carbonyl (C=O) groups is 1. The molecule has 0 aliphatic carbocycles. The molecule has 1 heterocycles. The molecule has 0 saturated carbocycles. The average Bonchev–Trinajstić information content (AvgIpc) is 2.48. The lowest BCUT2D eigenvalue weighted by Gasteiger charge is -2.40. The van der Waals surface area contributed by atoms with Gasteiger partial charge < -0.3 is 35.0 Å². The smallest absolute Gasteiger partial charge is 0.342 e. The molecule has 4 unspecified atom stereocenters. The van der Waals surface area contributed by atoms with Crippen molar-refractivity contribution in [3.05, 3.63) is 29.8 Å². The van der Waals surface area contributed by atoms with E-state index in [1.165, 1.54) is 24.3 Å². The van der Waals surface area contributed by atoms with Crippen molar-refractivity contribution in [3.63, 3.8) is 0 Å². The van der Waals surface area contributed by atoms with Gasteiger partial charge in [0, 0.05) is 0 Å². The first-order chi connectivity index (χ1) is 9.85. The zero-order valence-corrected chi connectivity index (χ0v) is 10.9. The number of hydrogen-bond donors (Lipinski definition) is 5. The summed E-state index contributed by atoms with van der Waals surface area (Å²) >= 11 is 0. The first-order valence-electron chi connectivity index (χ1n) is 6.21. The van der Waals surface area contributed by atoms with Crippen molar-refractivity contribution in [2.75, 3.05) is 13.2 Å². The highest BCUT2D eigenvalue weighted by molar-refractivity contribution is 5.92. The highest BCUT2D eigenvalue weighted by Crippen LogP contribution is 2.25. The van der Waals surface area contributed by atoms with E-state index >= 15 is 0 Å². The minimum atomic E-state index is -2.33. The second kappa shape index (κ2) is 5.96. The van der Waals surface area contributed by atoms with Gasteiger partial charge in [0.2, 0.25) is 5.79 Å². The van der Waals surface area contributed by atoms with Gasteiger partial charge in [-0.25, -0.2) is 4.79 Å². The third-order valence-electron chi connectivity index (χ3n) is 3.22. The minimum absolute atomic E-state index is 0.119. The van der Waals surface area contributed by atoms with Crippen LogP contribution in [0.2, 0.25) is 0 Å². The van der Waals surface area contributed by atoms with Gasteiger partial charge in [-0.15, -0.1) is 0 Å². The maximum Gasteiger partial charge on any atom is 0.342 e. The SMILES string of the molecule is O=C(OCC1(O)OCC(O)C(O)C1O)c1ccccc1O. The van der Waals surface area contributed by atoms with Crippen LogP contribution in [0.3, 0.4) is 0 Å². The number of rotatable bonds is 3. The number of carbonyl (C=O) groups excluding carboxylic acids is 1. The standard InChI is InChI=1S/C13H16O8/c14-8-4-2-1-3-7(8)12(18)20-6-13(19)11(17)10(16)9(15)5-21-13/h1-4,9-11,14-17,19H,5-6H2. The van der Waals surface area contributed by atoms with Gasteiger partial charge in [-0.05, 0) is 12.1 Å². The molecule has 0 aromatic heterocycles. The van der Waals surface area contributed by atoms with Crippen molar-refractivity contribution in [1.82, 2.24) is 0 Å². The van der Waals surface area contributed by atoms with E-state index in [2.05, 4.69) is 0 Å². The van der Waals surface area contributed by atoms with Crippen molar-refractivity contribution < 1.29 is 39.8 Å². The number of hydrogen-bond acceptors (Lipinski definition) is 8. The number of aromatic hydroxyl groups is 1. The Bertz CT molecular complexity index is 519. The van der Waals surface area contributed by atoms with Crippen LogP contribution in [-0.2, 0) is 9.47 Å². The minimum Gasteiger partial charge on any atom is -0.507 e. The largest absolute Gasteiger partial charge is 0.507 e. The lowest BCUT2D eigenvalue weighted by molar-refractivity contribution is -0.330. The molecule has 1 aromatic rings. The maximum absolute atomic E-state index is 11.8. The summed E-state index contributed by atoms with van der Waals surface area (Å²) < 4.78 is 9.61. The Kier molecular flexibility index (Phi) is 4.45. The Morgan fingerprint density at radius 3 is 2.67 bits per heavy atom. The number of benzene rings is 1. The van der Waals surface area contributed by atoms with Crippen LogP contribution in [-0.4, -0.2) is 68.8 Å². The summed E-state index contributed by atoms with van der Waals surface area (Å²) in [6.45, 7) is -1.20. The molecule has 5 N–H and O–H groups in total. The molecule has 1 fully saturated rings. The summed E-state index contributed by atoms with van der Waals surface area (Å²) in [6, 6.07) is 5.64. The third kappa shape index (κ3) is 3.14. The molecule has 4 atom stereocenters. The topological polar surface area (TPSA) is 137 Å². The molecule has 0 bridgehead atoms. The first kappa shape index (κ1) is 15.7. The Labute approximate surface area is 119 Å². The molecule has 1 aliphatic rings. The quantitative estimate of drug-likeness (QED) is 0.419. The molecule has 1 aromatic carbocycles. The van der Waals surface area contributed by atoms with E-state index in [1.54, 1.807) is 0 Å². The van der Waals surface area contributed by atoms with Crippen molar-refractivity contribution in [3.8, 4) is 5.75 Å². The monoisotopic (exact) mass is 300 g/mol. The molecule has 0 spiro atoms. The van der Waals surface area contributed by atoms with E-state index in [0.717, 1.165) is 0 Å². The van der Waals surface area contributed by atoms with Gasteiger partial charge in [0.1, 0.15) is 36.2 Å². The average molecular weight is 300 g/mol. The predicted molar refractivity (Wildman–Crippen MR) is 67.3 cm³/mol. The molecule has 8 heteroatoms. The van der Waals surface area contributed by atoms with Gasteiger partial charge in [0.05, 0.1) is 6.61 Å². The number of ether oxygens (including phenoxy) is 2. The van der Waals surface area contributed by atoms with E-state index in [0.29, 0.717) is 0 Å². The zero-order chi connectivity index (χ0) is 15.6. The van der Waals surface area contributed by atoms with E-state index in [-0.39, 0.29) is 11.3 Å². The fraction of sp³-hybridized carbons (Fsp3) is 0.462. The van der Waals surface area contributed by atoms with Crippen LogP contribution in [0.4, 0.5) is 0 Å². The molecule has 21 heavy (non-hydrogen) atoms. The Morgan fingerprint density at radius 2 is 2.00 bits per heavy atom. The number of phenols is 1. The molecular weight excluding hydrogens is 284 g/mol. The van der Waals surface area contributed by atoms with E-state index in [9.17, 15) is 30.3 Å². The van der Waals surface area contributed by atoms with Crippen LogP contribution < -0.4 is 0 Å². The summed E-state index contributed by atoms with van der Waals surface area (Å²) in [4.78, 5) is 11.8. The van der Waals surface area contributed by atoms with Crippen LogP contribution in [0.25, 0.3) is 0 Å². The fourth-order valence-corrected chi connectivity index (χ4v) is 1.91. The fourth-order valence-electron chi connectivity index (χ4n) is 1.91. The van der Waals surface area contributed by atoms with Gasteiger partial charge in [0.25, 0.3) is 0 Å². The lowest BCUT2D eigenvalue weighted by atomic mass is 9.97. The number of esters is 1. The third-order valence-corrected chi connectivity index (χ3v) is 3.22. The molecule has 1 aliphatic heterocycles. The first-order valence-corrected chi connectivity index (χ1v) is 6.21. The van der Waals surface area contributed by atoms with Gasteiger partial charge >= 0.3 is 5.97 Å². The van der Waals surface area contributed by atoms with Crippen LogP contribution in [0.15, 0.2) is 24.3 Å². The molecule has 2 rings (SSSR count). The van der Waals surface area contributed by atoms with Crippen molar-refractivity contribution in [1.29, 1.82) is 0 Å². The van der Waals surface area contributed by atoms with Crippen LogP contribution >= 0.6 is 0 Å². The number of aliphatic hydroxyl groups excluding tert-OH is 3. The highest BCUT2D eigenvalue weighted by atomic mass is 16.7. The summed E-state index contributed by atoms with van der Waals surface area (Å²) in [5, 5.41) is 48.0. The lowest BCUT2D eigenvalue weighted by Crippen LogP contribution is -2.63. The molecule has 1 saturated heterocycles. The van der Waals surface area contributed by atoms with Crippen molar-refractivity contribution >= 4 is 5.97 Å². The van der Waals surface area contributed by atoms with E-state index < -0.39 is 43.3 Å². The summed E-state index contributed by atoms with van der Waals surface area (Å²) in [6.07, 6.45) is -4.83. The second-order valence-corrected chi connectivity index (χ2v) is 4.75. The van der Waals surface area contributed by atoms with Crippen LogP contribution in [0, 0.1) is 0 Å². The number of phenolic OH excluding ortho intramolecular Hbond substituents is 1.